The van der Waals surface area contributed by atoms with Gasteiger partial charge in [-0.1, -0.05) is 52.2 Å². The highest BCUT2D eigenvalue weighted by Crippen LogP contribution is 2.22. The molecule has 0 saturated heterocycles. The zero-order valence-corrected chi connectivity index (χ0v) is 9.84. The van der Waals surface area contributed by atoms with Crippen LogP contribution >= 0.6 is 0 Å². The maximum absolute atomic E-state index is 2.39. The Bertz CT molecular complexity index is 124. The summed E-state index contributed by atoms with van der Waals surface area (Å²) in [5, 5.41) is 0. The summed E-state index contributed by atoms with van der Waals surface area (Å²) in [4.78, 5) is 0. The van der Waals surface area contributed by atoms with Gasteiger partial charge in [0.15, 0.2) is 0 Å². The standard InChI is InChI=1S/C13H26/c1-5-8-10-13(7-3)11-12(4)9-6-2/h5,8,12-13H,6-7,9-11H2,1-4H3/b8-5+. The van der Waals surface area contributed by atoms with Gasteiger partial charge in [-0.25, -0.2) is 0 Å². The van der Waals surface area contributed by atoms with Crippen molar-refractivity contribution in [1.29, 1.82) is 0 Å². The number of hydrogen-bond donors (Lipinski definition) is 0. The third-order valence-electron chi connectivity index (χ3n) is 2.80. The van der Waals surface area contributed by atoms with Crippen molar-refractivity contribution in [3.05, 3.63) is 12.2 Å². The summed E-state index contributed by atoms with van der Waals surface area (Å²) in [5.41, 5.74) is 0. The van der Waals surface area contributed by atoms with E-state index in [4.69, 9.17) is 0 Å². The van der Waals surface area contributed by atoms with E-state index in [9.17, 15) is 0 Å². The van der Waals surface area contributed by atoms with Crippen molar-refractivity contribution in [2.45, 2.75) is 59.8 Å². The molecule has 0 aliphatic rings. The van der Waals surface area contributed by atoms with E-state index >= 15 is 0 Å². The second-order valence-electron chi connectivity index (χ2n) is 4.21. The Morgan fingerprint density at radius 1 is 1.23 bits per heavy atom. The molecule has 0 saturated carbocycles. The maximum atomic E-state index is 2.39. The summed E-state index contributed by atoms with van der Waals surface area (Å²) >= 11 is 0. The molecule has 0 heterocycles. The third kappa shape index (κ3) is 6.86. The zero-order chi connectivity index (χ0) is 10.1. The van der Waals surface area contributed by atoms with Gasteiger partial charge in [-0.2, -0.15) is 0 Å². The molecular weight excluding hydrogens is 156 g/mol. The van der Waals surface area contributed by atoms with Crippen LogP contribution in [0.3, 0.4) is 0 Å². The van der Waals surface area contributed by atoms with Crippen LogP contribution in [0, 0.1) is 11.8 Å². The molecule has 0 heteroatoms. The molecule has 0 aromatic heterocycles. The van der Waals surface area contributed by atoms with Crippen LogP contribution in [0.25, 0.3) is 0 Å². The van der Waals surface area contributed by atoms with Crippen LogP contribution < -0.4 is 0 Å². The monoisotopic (exact) mass is 182 g/mol. The zero-order valence-electron chi connectivity index (χ0n) is 9.84. The fraction of sp³-hybridized carbons (Fsp3) is 0.846. The quantitative estimate of drug-likeness (QED) is 0.496. The van der Waals surface area contributed by atoms with Crippen LogP contribution in [0.4, 0.5) is 0 Å². The molecule has 0 nitrogen and oxygen atoms in total. The van der Waals surface area contributed by atoms with Gasteiger partial charge in [0.25, 0.3) is 0 Å². The van der Waals surface area contributed by atoms with E-state index in [2.05, 4.69) is 39.8 Å². The highest BCUT2D eigenvalue weighted by atomic mass is 14.1. The molecule has 0 aromatic carbocycles. The lowest BCUT2D eigenvalue weighted by Crippen LogP contribution is -2.04. The van der Waals surface area contributed by atoms with Gasteiger partial charge in [0.2, 0.25) is 0 Å². The van der Waals surface area contributed by atoms with Crippen LogP contribution in [-0.4, -0.2) is 0 Å². The molecule has 0 bridgehead atoms. The Morgan fingerprint density at radius 2 is 1.92 bits per heavy atom. The van der Waals surface area contributed by atoms with Gasteiger partial charge in [0, 0.05) is 0 Å². The molecule has 0 aromatic rings. The first kappa shape index (κ1) is 12.7. The van der Waals surface area contributed by atoms with Crippen molar-refractivity contribution in [1.82, 2.24) is 0 Å². The Morgan fingerprint density at radius 3 is 2.38 bits per heavy atom. The normalized spacial score (nSPS) is 16.3. The molecular formula is C13H26. The summed E-state index contributed by atoms with van der Waals surface area (Å²) < 4.78 is 0. The van der Waals surface area contributed by atoms with Gasteiger partial charge < -0.3 is 0 Å². The minimum atomic E-state index is 0.915. The van der Waals surface area contributed by atoms with Gasteiger partial charge >= 0.3 is 0 Å². The van der Waals surface area contributed by atoms with Gasteiger partial charge in [0.1, 0.15) is 0 Å². The number of hydrogen-bond acceptors (Lipinski definition) is 0. The van der Waals surface area contributed by atoms with E-state index in [1.54, 1.807) is 0 Å². The summed E-state index contributed by atoms with van der Waals surface area (Å²) in [5.74, 6) is 1.83. The first-order chi connectivity index (χ1) is 6.24. The smallest absolute Gasteiger partial charge is 0.0322 e. The fourth-order valence-electron chi connectivity index (χ4n) is 1.94. The van der Waals surface area contributed by atoms with Crippen LogP contribution in [0.2, 0.25) is 0 Å². The molecule has 2 atom stereocenters. The van der Waals surface area contributed by atoms with Crippen LogP contribution in [0.5, 0.6) is 0 Å². The lowest BCUT2D eigenvalue weighted by Gasteiger charge is -2.17. The van der Waals surface area contributed by atoms with E-state index < -0.39 is 0 Å². The molecule has 0 amide bonds. The van der Waals surface area contributed by atoms with E-state index in [-0.39, 0.29) is 0 Å². The largest absolute Gasteiger partial charge is 0.0917 e. The first-order valence-corrected chi connectivity index (χ1v) is 5.85. The number of allylic oxidation sites excluding steroid dienone is 2. The average Bonchev–Trinajstić information content (AvgIpc) is 2.12. The van der Waals surface area contributed by atoms with Crippen molar-refractivity contribution in [3.63, 3.8) is 0 Å². The summed E-state index contributed by atoms with van der Waals surface area (Å²) in [6.45, 7) is 9.10. The van der Waals surface area contributed by atoms with E-state index in [1.807, 2.05) is 0 Å². The summed E-state index contributed by atoms with van der Waals surface area (Å²) in [6.07, 6.45) is 11.2. The predicted octanol–water partition coefficient (Wildman–Crippen LogP) is 4.81. The minimum Gasteiger partial charge on any atom is -0.0917 e. The Hall–Kier alpha value is -0.260. The van der Waals surface area contributed by atoms with Gasteiger partial charge in [-0.3, -0.25) is 0 Å². The first-order valence-electron chi connectivity index (χ1n) is 5.85. The Labute approximate surface area is 84.4 Å². The van der Waals surface area contributed by atoms with Gasteiger partial charge in [-0.15, -0.1) is 0 Å². The predicted molar refractivity (Wildman–Crippen MR) is 61.9 cm³/mol. The van der Waals surface area contributed by atoms with Crippen LogP contribution in [-0.2, 0) is 0 Å². The molecule has 0 fully saturated rings. The SMILES string of the molecule is C/C=C/CC(CC)CC(C)CCC. The summed E-state index contributed by atoms with van der Waals surface area (Å²) in [7, 11) is 0. The van der Waals surface area contributed by atoms with Crippen molar-refractivity contribution in [2.75, 3.05) is 0 Å². The van der Waals surface area contributed by atoms with E-state index in [1.165, 1.54) is 32.1 Å². The van der Waals surface area contributed by atoms with Gasteiger partial charge in [0.05, 0.1) is 0 Å². The van der Waals surface area contributed by atoms with Crippen molar-refractivity contribution >= 4 is 0 Å². The van der Waals surface area contributed by atoms with E-state index in [0.29, 0.717) is 0 Å². The van der Waals surface area contributed by atoms with Crippen molar-refractivity contribution < 1.29 is 0 Å². The molecule has 78 valence electrons. The molecule has 0 N–H and O–H groups in total. The van der Waals surface area contributed by atoms with Crippen LogP contribution in [0.15, 0.2) is 12.2 Å². The van der Waals surface area contributed by atoms with Crippen molar-refractivity contribution in [3.8, 4) is 0 Å². The molecule has 0 aliphatic carbocycles. The van der Waals surface area contributed by atoms with E-state index in [0.717, 1.165) is 11.8 Å². The summed E-state index contributed by atoms with van der Waals surface area (Å²) in [6, 6.07) is 0. The Kier molecular flexibility index (Phi) is 8.18. The van der Waals surface area contributed by atoms with Crippen molar-refractivity contribution in [2.24, 2.45) is 11.8 Å². The highest BCUT2D eigenvalue weighted by molar-refractivity contribution is 4.80. The third-order valence-corrected chi connectivity index (χ3v) is 2.80. The molecule has 0 rings (SSSR count). The molecule has 2 unspecified atom stereocenters. The molecule has 0 radical (unpaired) electrons. The number of rotatable bonds is 7. The second-order valence-corrected chi connectivity index (χ2v) is 4.21. The second kappa shape index (κ2) is 8.34. The molecule has 13 heavy (non-hydrogen) atoms. The lowest BCUT2D eigenvalue weighted by atomic mass is 9.89. The van der Waals surface area contributed by atoms with Crippen LogP contribution in [0.1, 0.15) is 59.8 Å². The minimum absolute atomic E-state index is 0.915. The molecule has 0 aliphatic heterocycles. The maximum Gasteiger partial charge on any atom is -0.0322 e. The Balaban J connectivity index is 3.68. The topological polar surface area (TPSA) is 0 Å². The van der Waals surface area contributed by atoms with Gasteiger partial charge in [-0.05, 0) is 31.6 Å². The lowest BCUT2D eigenvalue weighted by molar-refractivity contribution is 0.365. The molecule has 0 spiro atoms. The fourth-order valence-corrected chi connectivity index (χ4v) is 1.94. The highest BCUT2D eigenvalue weighted by Gasteiger charge is 2.09. The average molecular weight is 182 g/mol.